The molecule has 7 nitrogen and oxygen atoms in total. The molecule has 3 aliphatic rings. The lowest BCUT2D eigenvalue weighted by Gasteiger charge is -2.40. The molecular formula is C19H26N6O. The van der Waals surface area contributed by atoms with E-state index in [4.69, 9.17) is 0 Å². The first kappa shape index (κ1) is 17.3. The van der Waals surface area contributed by atoms with Crippen LogP contribution in [0.5, 0.6) is 0 Å². The van der Waals surface area contributed by atoms with Gasteiger partial charge in [-0.1, -0.05) is 6.07 Å². The van der Waals surface area contributed by atoms with Crippen molar-refractivity contribution >= 4 is 11.7 Å². The summed E-state index contributed by atoms with van der Waals surface area (Å²) in [6.45, 7) is 6.11. The lowest BCUT2D eigenvalue weighted by molar-refractivity contribution is -0.135. The summed E-state index contributed by atoms with van der Waals surface area (Å²) in [5, 5.41) is 9.45. The smallest absolute Gasteiger partial charge is 0.236 e. The number of anilines is 1. The highest BCUT2D eigenvalue weighted by atomic mass is 16.2. The maximum atomic E-state index is 12.7. The Morgan fingerprint density at radius 1 is 1.15 bits per heavy atom. The Hall–Kier alpha value is -2.17. The van der Waals surface area contributed by atoms with E-state index in [1.165, 1.54) is 12.8 Å². The average molecular weight is 354 g/mol. The fraction of sp³-hybridized carbons (Fsp3) is 0.632. The van der Waals surface area contributed by atoms with Gasteiger partial charge in [0, 0.05) is 58.1 Å². The monoisotopic (exact) mass is 354 g/mol. The normalized spacial score (nSPS) is 25.1. The highest BCUT2D eigenvalue weighted by Crippen LogP contribution is 2.30. The predicted octanol–water partition coefficient (Wildman–Crippen LogP) is 0.402. The number of aromatic nitrogens is 1. The van der Waals surface area contributed by atoms with Gasteiger partial charge in [0.05, 0.1) is 12.6 Å². The Bertz CT molecular complexity index is 662. The van der Waals surface area contributed by atoms with Crippen LogP contribution in [0.1, 0.15) is 12.8 Å². The van der Waals surface area contributed by atoms with Gasteiger partial charge in [-0.2, -0.15) is 5.26 Å². The number of nitrogens with zero attached hydrogens (tertiary/aromatic N) is 6. The van der Waals surface area contributed by atoms with E-state index in [1.807, 2.05) is 29.3 Å². The van der Waals surface area contributed by atoms with Crippen LogP contribution in [0.4, 0.5) is 5.82 Å². The van der Waals surface area contributed by atoms with Crippen molar-refractivity contribution in [2.75, 3.05) is 57.3 Å². The first-order valence-electron chi connectivity index (χ1n) is 9.56. The van der Waals surface area contributed by atoms with Crippen molar-refractivity contribution in [3.05, 3.63) is 24.4 Å². The largest absolute Gasteiger partial charge is 0.354 e. The highest BCUT2D eigenvalue weighted by molar-refractivity contribution is 5.78. The minimum Gasteiger partial charge on any atom is -0.354 e. The first-order chi connectivity index (χ1) is 12.7. The van der Waals surface area contributed by atoms with Crippen LogP contribution >= 0.6 is 0 Å². The molecule has 138 valence electrons. The second-order valence-corrected chi connectivity index (χ2v) is 7.40. The molecule has 1 aliphatic carbocycles. The van der Waals surface area contributed by atoms with Crippen LogP contribution < -0.4 is 4.90 Å². The highest BCUT2D eigenvalue weighted by Gasteiger charge is 2.38. The van der Waals surface area contributed by atoms with Gasteiger partial charge in [0.15, 0.2) is 0 Å². The Morgan fingerprint density at radius 3 is 2.62 bits per heavy atom. The molecule has 1 atom stereocenters. The van der Waals surface area contributed by atoms with E-state index in [2.05, 4.69) is 25.8 Å². The van der Waals surface area contributed by atoms with Crippen LogP contribution in [-0.4, -0.2) is 90.0 Å². The van der Waals surface area contributed by atoms with E-state index < -0.39 is 0 Å². The first-order valence-corrected chi connectivity index (χ1v) is 9.56. The third-order valence-electron chi connectivity index (χ3n) is 5.64. The number of rotatable bonds is 4. The van der Waals surface area contributed by atoms with Gasteiger partial charge >= 0.3 is 0 Å². The van der Waals surface area contributed by atoms with Gasteiger partial charge in [0.1, 0.15) is 11.9 Å². The number of hydrogen-bond donors (Lipinski definition) is 0. The van der Waals surface area contributed by atoms with E-state index in [1.54, 1.807) is 0 Å². The standard InChI is InChI=1S/C19H26N6O/c20-13-17-14-24(11-12-25(17)16-4-5-16)19(26)15-22-7-9-23(10-8-22)18-3-1-2-6-21-18/h1-3,6,16-17H,4-5,7-12,14-15H2. The van der Waals surface area contributed by atoms with Gasteiger partial charge in [-0.05, 0) is 25.0 Å². The number of carbonyl (C=O) groups is 1. The van der Waals surface area contributed by atoms with Crippen molar-refractivity contribution < 1.29 is 4.79 Å². The topological polar surface area (TPSA) is 66.7 Å². The maximum absolute atomic E-state index is 12.7. The molecule has 0 N–H and O–H groups in total. The molecule has 7 heteroatoms. The molecule has 0 radical (unpaired) electrons. The van der Waals surface area contributed by atoms with Crippen molar-refractivity contribution in [1.29, 1.82) is 5.26 Å². The van der Waals surface area contributed by atoms with Crippen molar-refractivity contribution in [3.63, 3.8) is 0 Å². The molecular weight excluding hydrogens is 328 g/mol. The Labute approximate surface area is 154 Å². The van der Waals surface area contributed by atoms with Crippen molar-refractivity contribution in [2.24, 2.45) is 0 Å². The van der Waals surface area contributed by atoms with Crippen molar-refractivity contribution in [2.45, 2.75) is 24.9 Å². The predicted molar refractivity (Wildman–Crippen MR) is 98.6 cm³/mol. The quantitative estimate of drug-likeness (QED) is 0.780. The molecule has 0 aromatic carbocycles. The summed E-state index contributed by atoms with van der Waals surface area (Å²) in [7, 11) is 0. The van der Waals surface area contributed by atoms with Crippen molar-refractivity contribution in [1.82, 2.24) is 19.7 Å². The molecule has 2 aliphatic heterocycles. The third kappa shape index (κ3) is 3.81. The number of pyridine rings is 1. The van der Waals surface area contributed by atoms with E-state index in [0.717, 1.165) is 45.1 Å². The van der Waals surface area contributed by atoms with E-state index in [9.17, 15) is 10.1 Å². The van der Waals surface area contributed by atoms with Crippen LogP contribution in [0.15, 0.2) is 24.4 Å². The Balaban J connectivity index is 1.26. The molecule has 3 heterocycles. The molecule has 1 amide bonds. The maximum Gasteiger partial charge on any atom is 0.236 e. The molecule has 0 spiro atoms. The molecule has 4 rings (SSSR count). The molecule has 1 unspecified atom stereocenters. The molecule has 3 fully saturated rings. The SMILES string of the molecule is N#CC1CN(C(=O)CN2CCN(c3ccccn3)CC2)CCN1C1CC1. The molecule has 1 aromatic heterocycles. The zero-order valence-corrected chi connectivity index (χ0v) is 15.1. The summed E-state index contributed by atoms with van der Waals surface area (Å²) in [5.41, 5.74) is 0. The van der Waals surface area contributed by atoms with Gasteiger partial charge in [-0.25, -0.2) is 4.98 Å². The molecule has 0 bridgehead atoms. The lowest BCUT2D eigenvalue weighted by atomic mass is 10.1. The second-order valence-electron chi connectivity index (χ2n) is 7.40. The number of piperazine rings is 2. The summed E-state index contributed by atoms with van der Waals surface area (Å²) in [4.78, 5) is 25.8. The fourth-order valence-electron chi connectivity index (χ4n) is 3.95. The van der Waals surface area contributed by atoms with Gasteiger partial charge < -0.3 is 9.80 Å². The zero-order chi connectivity index (χ0) is 17.9. The number of hydrogen-bond acceptors (Lipinski definition) is 6. The van der Waals surface area contributed by atoms with E-state index >= 15 is 0 Å². The van der Waals surface area contributed by atoms with E-state index in [0.29, 0.717) is 19.1 Å². The summed E-state index contributed by atoms with van der Waals surface area (Å²) in [5.74, 6) is 1.17. The van der Waals surface area contributed by atoms with Crippen LogP contribution in [0.3, 0.4) is 0 Å². The molecule has 1 saturated carbocycles. The van der Waals surface area contributed by atoms with Crippen LogP contribution in [0.25, 0.3) is 0 Å². The van der Waals surface area contributed by atoms with Crippen LogP contribution in [0, 0.1) is 11.3 Å². The zero-order valence-electron chi connectivity index (χ0n) is 15.1. The fourth-order valence-corrected chi connectivity index (χ4v) is 3.95. The number of nitriles is 1. The van der Waals surface area contributed by atoms with Gasteiger partial charge in [0.25, 0.3) is 0 Å². The van der Waals surface area contributed by atoms with Crippen molar-refractivity contribution in [3.8, 4) is 6.07 Å². The lowest BCUT2D eigenvalue weighted by Crippen LogP contribution is -2.57. The summed E-state index contributed by atoms with van der Waals surface area (Å²) >= 11 is 0. The van der Waals surface area contributed by atoms with Crippen LogP contribution in [0.2, 0.25) is 0 Å². The van der Waals surface area contributed by atoms with Gasteiger partial charge in [-0.3, -0.25) is 14.6 Å². The minimum atomic E-state index is -0.138. The Kier molecular flexibility index (Phi) is 5.05. The molecule has 26 heavy (non-hydrogen) atoms. The molecule has 2 saturated heterocycles. The number of carbonyl (C=O) groups excluding carboxylic acids is 1. The number of amides is 1. The summed E-state index contributed by atoms with van der Waals surface area (Å²) in [6, 6.07) is 8.80. The van der Waals surface area contributed by atoms with Gasteiger partial charge in [0.2, 0.25) is 5.91 Å². The van der Waals surface area contributed by atoms with E-state index in [-0.39, 0.29) is 11.9 Å². The molecule has 1 aromatic rings. The third-order valence-corrected chi connectivity index (χ3v) is 5.64. The average Bonchev–Trinajstić information content (AvgIpc) is 3.54. The second kappa shape index (κ2) is 7.60. The minimum absolute atomic E-state index is 0.138. The Morgan fingerprint density at radius 2 is 1.96 bits per heavy atom. The van der Waals surface area contributed by atoms with Crippen LogP contribution in [-0.2, 0) is 4.79 Å². The van der Waals surface area contributed by atoms with Gasteiger partial charge in [-0.15, -0.1) is 0 Å². The summed E-state index contributed by atoms with van der Waals surface area (Å²) in [6.07, 6.45) is 4.22. The summed E-state index contributed by atoms with van der Waals surface area (Å²) < 4.78 is 0.